The van der Waals surface area contributed by atoms with Gasteiger partial charge in [0, 0.05) is 30.4 Å². The van der Waals surface area contributed by atoms with Crippen LogP contribution < -0.4 is 10.1 Å². The lowest BCUT2D eigenvalue weighted by Gasteiger charge is -2.31. The van der Waals surface area contributed by atoms with Gasteiger partial charge in [-0.15, -0.1) is 11.8 Å². The van der Waals surface area contributed by atoms with Crippen molar-refractivity contribution < 1.29 is 9.47 Å². The van der Waals surface area contributed by atoms with Crippen molar-refractivity contribution in [3.8, 4) is 5.75 Å². The van der Waals surface area contributed by atoms with Gasteiger partial charge in [0.2, 0.25) is 0 Å². The molecule has 1 aliphatic rings. The maximum Gasteiger partial charge on any atom is 0.133 e. The highest BCUT2D eigenvalue weighted by Crippen LogP contribution is 2.36. The van der Waals surface area contributed by atoms with E-state index in [1.165, 1.54) is 4.90 Å². The summed E-state index contributed by atoms with van der Waals surface area (Å²) in [5, 5.41) is 3.37. The molecule has 0 spiro atoms. The van der Waals surface area contributed by atoms with Gasteiger partial charge in [0.05, 0.1) is 0 Å². The third-order valence-corrected chi connectivity index (χ3v) is 4.36. The predicted molar refractivity (Wildman–Crippen MR) is 75.5 cm³/mol. The van der Waals surface area contributed by atoms with Crippen molar-refractivity contribution in [2.75, 3.05) is 26.5 Å². The van der Waals surface area contributed by atoms with E-state index in [2.05, 4.69) is 23.5 Å². The molecule has 0 saturated heterocycles. The molecule has 0 fully saturated rings. The lowest BCUT2D eigenvalue weighted by atomic mass is 10.1. The molecule has 18 heavy (non-hydrogen) atoms. The van der Waals surface area contributed by atoms with Crippen LogP contribution >= 0.6 is 11.8 Å². The Bertz CT molecular complexity index is 373. The van der Waals surface area contributed by atoms with Crippen molar-refractivity contribution in [3.63, 3.8) is 0 Å². The SMILES string of the molecule is CNC(CCCOC)C1CSc2ccccc2O1. The van der Waals surface area contributed by atoms with Gasteiger partial charge in [-0.25, -0.2) is 0 Å². The molecule has 1 aliphatic heterocycles. The second-order valence-electron chi connectivity index (χ2n) is 4.44. The van der Waals surface area contributed by atoms with E-state index >= 15 is 0 Å². The molecule has 1 heterocycles. The topological polar surface area (TPSA) is 30.5 Å². The fraction of sp³-hybridized carbons (Fsp3) is 0.571. The Morgan fingerprint density at radius 2 is 2.33 bits per heavy atom. The first-order valence-electron chi connectivity index (χ1n) is 6.40. The Hall–Kier alpha value is -0.710. The van der Waals surface area contributed by atoms with Gasteiger partial charge in [0.15, 0.2) is 0 Å². The first-order valence-corrected chi connectivity index (χ1v) is 7.38. The number of hydrogen-bond acceptors (Lipinski definition) is 4. The molecule has 1 aromatic carbocycles. The van der Waals surface area contributed by atoms with Crippen LogP contribution in [0.4, 0.5) is 0 Å². The summed E-state index contributed by atoms with van der Waals surface area (Å²) in [6, 6.07) is 8.65. The molecule has 2 atom stereocenters. The van der Waals surface area contributed by atoms with Crippen LogP contribution in [0.3, 0.4) is 0 Å². The largest absolute Gasteiger partial charge is 0.487 e. The summed E-state index contributed by atoms with van der Waals surface area (Å²) in [4.78, 5) is 1.25. The van der Waals surface area contributed by atoms with Crippen LogP contribution in [0.5, 0.6) is 5.75 Å². The van der Waals surface area contributed by atoms with Crippen molar-refractivity contribution in [1.29, 1.82) is 0 Å². The van der Waals surface area contributed by atoms with Gasteiger partial charge < -0.3 is 14.8 Å². The second-order valence-corrected chi connectivity index (χ2v) is 5.51. The fourth-order valence-electron chi connectivity index (χ4n) is 2.20. The third kappa shape index (κ3) is 3.40. The van der Waals surface area contributed by atoms with Crippen LogP contribution in [-0.2, 0) is 4.74 Å². The van der Waals surface area contributed by atoms with Crippen LogP contribution in [0.15, 0.2) is 29.2 Å². The number of nitrogens with one attached hydrogen (secondary N) is 1. The molecule has 4 heteroatoms. The van der Waals surface area contributed by atoms with E-state index in [0.29, 0.717) is 6.04 Å². The normalized spacial score (nSPS) is 20.0. The zero-order valence-electron chi connectivity index (χ0n) is 11.0. The van der Waals surface area contributed by atoms with Crippen LogP contribution in [0.25, 0.3) is 0 Å². The van der Waals surface area contributed by atoms with E-state index in [0.717, 1.165) is 31.0 Å². The quantitative estimate of drug-likeness (QED) is 0.802. The number of para-hydroxylation sites is 1. The minimum absolute atomic E-state index is 0.242. The Morgan fingerprint density at radius 3 is 3.11 bits per heavy atom. The van der Waals surface area contributed by atoms with E-state index < -0.39 is 0 Å². The number of fused-ring (bicyclic) bond motifs is 1. The molecule has 2 rings (SSSR count). The molecule has 0 saturated carbocycles. The van der Waals surface area contributed by atoms with Gasteiger partial charge >= 0.3 is 0 Å². The van der Waals surface area contributed by atoms with Gasteiger partial charge in [0.25, 0.3) is 0 Å². The highest BCUT2D eigenvalue weighted by Gasteiger charge is 2.26. The molecule has 0 aliphatic carbocycles. The van der Waals surface area contributed by atoms with E-state index in [1.54, 1.807) is 7.11 Å². The molecular formula is C14H21NO2S. The summed E-state index contributed by atoms with van der Waals surface area (Å²) >= 11 is 1.88. The van der Waals surface area contributed by atoms with Crippen LogP contribution in [-0.4, -0.2) is 38.7 Å². The summed E-state index contributed by atoms with van der Waals surface area (Å²) in [7, 11) is 3.75. The van der Waals surface area contributed by atoms with Gasteiger partial charge in [-0.05, 0) is 32.0 Å². The fourth-order valence-corrected chi connectivity index (χ4v) is 3.28. The molecule has 1 N–H and O–H groups in total. The van der Waals surface area contributed by atoms with Crippen molar-refractivity contribution >= 4 is 11.8 Å². The minimum atomic E-state index is 0.242. The summed E-state index contributed by atoms with van der Waals surface area (Å²) in [6.45, 7) is 0.814. The van der Waals surface area contributed by atoms with Gasteiger partial charge in [-0.3, -0.25) is 0 Å². The standard InChI is InChI=1S/C14H21NO2S/c1-15-11(6-5-9-16-2)13-10-18-14-8-4-3-7-12(14)17-13/h3-4,7-8,11,13,15H,5-6,9-10H2,1-2H3. The summed E-state index contributed by atoms with van der Waals surface area (Å²) in [5.74, 6) is 2.03. The minimum Gasteiger partial charge on any atom is -0.487 e. The number of rotatable bonds is 6. The molecule has 0 bridgehead atoms. The molecule has 0 aromatic heterocycles. The number of thioether (sulfide) groups is 1. The average Bonchev–Trinajstić information content (AvgIpc) is 2.43. The number of methoxy groups -OCH3 is 1. The monoisotopic (exact) mass is 267 g/mol. The summed E-state index contributed by atoms with van der Waals surface area (Å²) in [6.07, 6.45) is 2.39. The van der Waals surface area contributed by atoms with Crippen molar-refractivity contribution in [3.05, 3.63) is 24.3 Å². The molecule has 3 nitrogen and oxygen atoms in total. The highest BCUT2D eigenvalue weighted by molar-refractivity contribution is 7.99. The second kappa shape index (κ2) is 7.02. The van der Waals surface area contributed by atoms with Crippen LogP contribution in [0.1, 0.15) is 12.8 Å². The van der Waals surface area contributed by atoms with E-state index in [-0.39, 0.29) is 6.10 Å². The van der Waals surface area contributed by atoms with Gasteiger partial charge in [-0.2, -0.15) is 0 Å². The number of benzene rings is 1. The van der Waals surface area contributed by atoms with Crippen LogP contribution in [0, 0.1) is 0 Å². The van der Waals surface area contributed by atoms with E-state index in [9.17, 15) is 0 Å². The van der Waals surface area contributed by atoms with Crippen molar-refractivity contribution in [2.45, 2.75) is 29.9 Å². The maximum absolute atomic E-state index is 6.09. The lowest BCUT2D eigenvalue weighted by Crippen LogP contribution is -2.44. The Balaban J connectivity index is 1.93. The van der Waals surface area contributed by atoms with Crippen LogP contribution in [0.2, 0.25) is 0 Å². The Morgan fingerprint density at radius 1 is 1.50 bits per heavy atom. The maximum atomic E-state index is 6.09. The summed E-state index contributed by atoms with van der Waals surface area (Å²) in [5.41, 5.74) is 0. The third-order valence-electron chi connectivity index (χ3n) is 3.21. The van der Waals surface area contributed by atoms with Gasteiger partial charge in [0.1, 0.15) is 11.9 Å². The molecule has 1 aromatic rings. The van der Waals surface area contributed by atoms with Crippen molar-refractivity contribution in [2.24, 2.45) is 0 Å². The molecule has 0 amide bonds. The smallest absolute Gasteiger partial charge is 0.133 e. The predicted octanol–water partition coefficient (Wildman–Crippen LogP) is 2.55. The number of likely N-dealkylation sites (N-methyl/N-ethyl adjacent to an activating group) is 1. The first kappa shape index (κ1) is 13.7. The van der Waals surface area contributed by atoms with Gasteiger partial charge in [-0.1, -0.05) is 12.1 Å². The zero-order valence-corrected chi connectivity index (χ0v) is 11.8. The Kier molecular flexibility index (Phi) is 5.35. The molecule has 100 valence electrons. The van der Waals surface area contributed by atoms with E-state index in [1.807, 2.05) is 24.9 Å². The molecule has 2 unspecified atom stereocenters. The number of hydrogen-bond donors (Lipinski definition) is 1. The van der Waals surface area contributed by atoms with E-state index in [4.69, 9.17) is 9.47 Å². The highest BCUT2D eigenvalue weighted by atomic mass is 32.2. The number of ether oxygens (including phenoxy) is 2. The zero-order chi connectivity index (χ0) is 12.8. The average molecular weight is 267 g/mol. The Labute approximate surface area is 113 Å². The molecule has 0 radical (unpaired) electrons. The molecular weight excluding hydrogens is 246 g/mol. The summed E-state index contributed by atoms with van der Waals surface area (Å²) < 4.78 is 11.2. The van der Waals surface area contributed by atoms with Crippen molar-refractivity contribution in [1.82, 2.24) is 5.32 Å². The lowest BCUT2D eigenvalue weighted by molar-refractivity contribution is 0.147. The first-order chi connectivity index (χ1) is 8.85.